The van der Waals surface area contributed by atoms with E-state index in [9.17, 15) is 14.7 Å². The molecule has 172 valence electrons. The molecule has 1 aliphatic heterocycles. The van der Waals surface area contributed by atoms with Crippen LogP contribution >= 0.6 is 0 Å². The fraction of sp³-hybridized carbons (Fsp3) is 0.200. The van der Waals surface area contributed by atoms with Crippen molar-refractivity contribution in [3.63, 3.8) is 0 Å². The van der Waals surface area contributed by atoms with Crippen LogP contribution in [0.2, 0.25) is 0 Å². The molecule has 0 spiro atoms. The molecule has 9 heteroatoms. The number of carbonyl (C=O) groups is 2. The number of hydrogen-bond donors (Lipinski definition) is 3. The van der Waals surface area contributed by atoms with Crippen LogP contribution in [0, 0.1) is 0 Å². The second-order valence-corrected chi connectivity index (χ2v) is 8.21. The van der Waals surface area contributed by atoms with Gasteiger partial charge in [0.25, 0.3) is 0 Å². The summed E-state index contributed by atoms with van der Waals surface area (Å²) >= 11 is 0. The van der Waals surface area contributed by atoms with Gasteiger partial charge in [-0.05, 0) is 80.1 Å². The number of fused-ring (bicyclic) bond motifs is 1. The maximum Gasteiger partial charge on any atom is 0.371 e. The number of furan rings is 1. The first-order valence-electron chi connectivity index (χ1n) is 10.9. The maximum atomic E-state index is 13.1. The number of aromatic hydroxyl groups is 1. The molecule has 3 N–H and O–H groups in total. The lowest BCUT2D eigenvalue weighted by Gasteiger charge is -2.19. The van der Waals surface area contributed by atoms with E-state index in [1.807, 2.05) is 12.1 Å². The zero-order valence-electron chi connectivity index (χ0n) is 18.4. The average molecular weight is 458 g/mol. The molecule has 2 aromatic carbocycles. The molecule has 0 bridgehead atoms. The highest BCUT2D eigenvalue weighted by Crippen LogP contribution is 2.36. The molecule has 34 heavy (non-hydrogen) atoms. The topological polar surface area (TPSA) is 128 Å². The third kappa shape index (κ3) is 3.81. The molecule has 3 aromatic rings. The fourth-order valence-corrected chi connectivity index (χ4v) is 4.20. The lowest BCUT2D eigenvalue weighted by atomic mass is 9.91. The monoisotopic (exact) mass is 458 g/mol. The Hall–Kier alpha value is -4.40. The van der Waals surface area contributed by atoms with Gasteiger partial charge in [-0.1, -0.05) is 12.1 Å². The Morgan fingerprint density at radius 1 is 1.12 bits per heavy atom. The predicted molar refractivity (Wildman–Crippen MR) is 128 cm³/mol. The molecule has 1 aliphatic carbocycles. The van der Waals surface area contributed by atoms with Crippen molar-refractivity contribution in [2.24, 2.45) is 10.2 Å². The number of aromatic carboxylic acids is 1. The van der Waals surface area contributed by atoms with Crippen LogP contribution in [0.3, 0.4) is 0 Å². The average Bonchev–Trinajstić information content (AvgIpc) is 3.43. The number of carbonyl (C=O) groups excluding carboxylic acids is 1. The van der Waals surface area contributed by atoms with Gasteiger partial charge >= 0.3 is 11.9 Å². The van der Waals surface area contributed by atoms with E-state index in [-0.39, 0.29) is 40.1 Å². The molecule has 0 fully saturated rings. The maximum absolute atomic E-state index is 13.1. The number of hydrazone groups is 2. The number of amides is 1. The summed E-state index contributed by atoms with van der Waals surface area (Å²) in [7, 11) is 0. The molecule has 1 aromatic heterocycles. The molecule has 2 aliphatic rings. The zero-order valence-corrected chi connectivity index (χ0v) is 18.4. The third-order valence-electron chi connectivity index (χ3n) is 5.97. The molecule has 5 rings (SSSR count). The zero-order chi connectivity index (χ0) is 23.8. The predicted octanol–water partition coefficient (Wildman–Crippen LogP) is 4.42. The van der Waals surface area contributed by atoms with Crippen molar-refractivity contribution < 1.29 is 24.2 Å². The minimum atomic E-state index is -1.20. The van der Waals surface area contributed by atoms with Crippen LogP contribution < -0.4 is 10.4 Å². The number of hydrogen-bond acceptors (Lipinski definition) is 7. The van der Waals surface area contributed by atoms with Crippen molar-refractivity contribution in [2.75, 3.05) is 10.4 Å². The number of nitrogens with zero attached hydrogens (tertiary/aromatic N) is 3. The van der Waals surface area contributed by atoms with Gasteiger partial charge in [0.1, 0.15) is 5.76 Å². The summed E-state index contributed by atoms with van der Waals surface area (Å²) in [5, 5.41) is 29.7. The van der Waals surface area contributed by atoms with Gasteiger partial charge in [-0.25, -0.2) is 4.79 Å². The second-order valence-electron chi connectivity index (χ2n) is 8.21. The summed E-state index contributed by atoms with van der Waals surface area (Å²) < 4.78 is 5.28. The number of carboxylic acid groups (broad SMARTS) is 1. The highest BCUT2D eigenvalue weighted by molar-refractivity contribution is 6.71. The number of aryl methyl sites for hydroxylation is 2. The van der Waals surface area contributed by atoms with Crippen molar-refractivity contribution >= 4 is 34.7 Å². The number of para-hydroxylation sites is 1. The van der Waals surface area contributed by atoms with Crippen LogP contribution in [-0.4, -0.2) is 33.5 Å². The highest BCUT2D eigenvalue weighted by Gasteiger charge is 2.31. The molecule has 0 saturated carbocycles. The summed E-state index contributed by atoms with van der Waals surface area (Å²) in [5.41, 5.74) is 7.10. The Kier molecular flexibility index (Phi) is 5.37. The van der Waals surface area contributed by atoms with E-state index in [1.54, 1.807) is 25.1 Å². The number of carboxylic acids is 1. The van der Waals surface area contributed by atoms with Crippen molar-refractivity contribution in [3.05, 3.63) is 65.4 Å². The van der Waals surface area contributed by atoms with E-state index in [4.69, 9.17) is 9.52 Å². The van der Waals surface area contributed by atoms with E-state index in [0.717, 1.165) is 19.3 Å². The number of phenolic OH excluding ortho intramolecular Hbond substituents is 1. The smallest absolute Gasteiger partial charge is 0.371 e. The van der Waals surface area contributed by atoms with Gasteiger partial charge in [0, 0.05) is 0 Å². The van der Waals surface area contributed by atoms with Crippen molar-refractivity contribution in [3.8, 4) is 17.1 Å². The Labute approximate surface area is 195 Å². The molecular weight excluding hydrogens is 436 g/mol. The lowest BCUT2D eigenvalue weighted by molar-refractivity contribution is -0.112. The second kappa shape index (κ2) is 8.51. The van der Waals surface area contributed by atoms with E-state index in [1.165, 1.54) is 34.7 Å². The van der Waals surface area contributed by atoms with Crippen LogP contribution in [0.25, 0.3) is 11.3 Å². The third-order valence-corrected chi connectivity index (χ3v) is 5.97. The normalized spacial score (nSPS) is 16.5. The summed E-state index contributed by atoms with van der Waals surface area (Å²) in [6.07, 6.45) is 4.38. The van der Waals surface area contributed by atoms with Crippen molar-refractivity contribution in [2.45, 2.75) is 32.6 Å². The van der Waals surface area contributed by atoms with Crippen LogP contribution in [-0.2, 0) is 17.6 Å². The quantitative estimate of drug-likeness (QED) is 0.384. The van der Waals surface area contributed by atoms with E-state index in [2.05, 4.69) is 21.7 Å². The van der Waals surface area contributed by atoms with Crippen LogP contribution in [0.15, 0.2) is 63.2 Å². The van der Waals surface area contributed by atoms with Crippen molar-refractivity contribution in [1.82, 2.24) is 0 Å². The molecular formula is C25H22N4O5. The van der Waals surface area contributed by atoms with Gasteiger partial charge in [-0.2, -0.15) is 15.2 Å². The van der Waals surface area contributed by atoms with Gasteiger partial charge < -0.3 is 14.6 Å². The van der Waals surface area contributed by atoms with Gasteiger partial charge in [0.05, 0.1) is 22.6 Å². The minimum Gasteiger partial charge on any atom is -0.505 e. The van der Waals surface area contributed by atoms with E-state index < -0.39 is 5.97 Å². The van der Waals surface area contributed by atoms with E-state index in [0.29, 0.717) is 11.4 Å². The Bertz CT molecular complexity index is 1370. The number of anilines is 2. The summed E-state index contributed by atoms with van der Waals surface area (Å²) in [6.45, 7) is 1.70. The molecule has 0 radical (unpaired) electrons. The largest absolute Gasteiger partial charge is 0.505 e. The van der Waals surface area contributed by atoms with Gasteiger partial charge in [-0.15, -0.1) is 0 Å². The first-order valence-corrected chi connectivity index (χ1v) is 10.9. The van der Waals surface area contributed by atoms with Crippen LogP contribution in [0.4, 0.5) is 11.4 Å². The Balaban J connectivity index is 1.38. The Morgan fingerprint density at radius 3 is 2.68 bits per heavy atom. The van der Waals surface area contributed by atoms with Crippen molar-refractivity contribution in [1.29, 1.82) is 0 Å². The Morgan fingerprint density at radius 2 is 1.91 bits per heavy atom. The van der Waals surface area contributed by atoms with Gasteiger partial charge in [0.2, 0.25) is 5.76 Å². The number of nitrogens with one attached hydrogen (secondary N) is 1. The number of benzene rings is 2. The van der Waals surface area contributed by atoms with Crippen LogP contribution in [0.5, 0.6) is 5.75 Å². The lowest BCUT2D eigenvalue weighted by Crippen LogP contribution is -2.28. The van der Waals surface area contributed by atoms with E-state index >= 15 is 0 Å². The molecule has 0 atom stereocenters. The summed E-state index contributed by atoms with van der Waals surface area (Å²) in [5.74, 6) is -1.80. The first kappa shape index (κ1) is 21.4. The van der Waals surface area contributed by atoms with Crippen LogP contribution in [0.1, 0.15) is 41.4 Å². The van der Waals surface area contributed by atoms with Gasteiger partial charge in [-0.3, -0.25) is 10.2 Å². The highest BCUT2D eigenvalue weighted by atomic mass is 16.4. The standard InChI is InChI=1S/C25H22N4O5/c1-14-22(24(31)29(28-14)17-10-9-15-5-2-3-6-16(15)13-17)27-26-19-8-4-7-18(23(19)30)20-11-12-21(34-20)25(32)33/h4,7-13,26,30H,2-3,5-6H2,1H3,(H,32,33)/b27-22+. The number of rotatable bonds is 5. The molecule has 9 nitrogen and oxygen atoms in total. The molecule has 2 heterocycles. The molecule has 0 unspecified atom stereocenters. The summed E-state index contributed by atoms with van der Waals surface area (Å²) in [4.78, 5) is 24.1. The molecule has 1 amide bonds. The number of phenols is 1. The minimum absolute atomic E-state index is 0.133. The first-order chi connectivity index (χ1) is 16.4. The fourth-order valence-electron chi connectivity index (χ4n) is 4.20. The SMILES string of the molecule is CC1=NN(c2ccc3c(c2)CCCC3)C(=O)/C1=N/Nc1cccc(-c2ccc(C(=O)O)o2)c1O. The summed E-state index contributed by atoms with van der Waals surface area (Å²) in [6, 6.07) is 13.6. The van der Waals surface area contributed by atoms with Gasteiger partial charge in [0.15, 0.2) is 11.5 Å². The molecule has 0 saturated heterocycles.